The van der Waals surface area contributed by atoms with Crippen molar-refractivity contribution in [2.24, 2.45) is 0 Å². The number of nitrogens with two attached hydrogens (primary N) is 1. The second kappa shape index (κ2) is 11.3. The molecule has 1 aromatic carbocycles. The maximum Gasteiger partial charge on any atom is 0.224 e. The Hall–Kier alpha value is -3.44. The zero-order valence-electron chi connectivity index (χ0n) is 20.6. The minimum absolute atomic E-state index is 0. The van der Waals surface area contributed by atoms with E-state index in [1.165, 1.54) is 6.07 Å². The van der Waals surface area contributed by atoms with Gasteiger partial charge in [0.25, 0.3) is 0 Å². The predicted molar refractivity (Wildman–Crippen MR) is 141 cm³/mol. The normalized spacial score (nSPS) is 16.9. The van der Waals surface area contributed by atoms with Crippen LogP contribution in [0, 0.1) is 18.6 Å². The lowest BCUT2D eigenvalue weighted by Crippen LogP contribution is -2.53. The van der Waals surface area contributed by atoms with E-state index in [2.05, 4.69) is 42.5 Å². The maximum atomic E-state index is 14.2. The van der Waals surface area contributed by atoms with Crippen molar-refractivity contribution in [3.8, 4) is 5.82 Å². The van der Waals surface area contributed by atoms with E-state index in [-0.39, 0.29) is 31.0 Å². The lowest BCUT2D eigenvalue weighted by Gasteiger charge is -2.46. The molecule has 5 rings (SSSR count). The summed E-state index contributed by atoms with van der Waals surface area (Å²) in [6, 6.07) is 4.42. The molecule has 0 bridgehead atoms. The summed E-state index contributed by atoms with van der Waals surface area (Å²) < 4.78 is 29.8. The van der Waals surface area contributed by atoms with Crippen LogP contribution < -0.4 is 16.0 Å². The van der Waals surface area contributed by atoms with E-state index in [4.69, 9.17) is 10.8 Å². The highest BCUT2D eigenvalue weighted by atomic mass is 35.5. The molecule has 0 radical (unpaired) electrons. The quantitative estimate of drug-likeness (QED) is 0.426. The van der Waals surface area contributed by atoms with Crippen LogP contribution in [0.5, 0.6) is 0 Å². The van der Waals surface area contributed by atoms with Gasteiger partial charge in [-0.2, -0.15) is 15.1 Å². The highest BCUT2D eigenvalue weighted by Crippen LogP contribution is 2.35. The van der Waals surface area contributed by atoms with Crippen molar-refractivity contribution in [2.45, 2.75) is 32.2 Å². The number of anilines is 3. The molecule has 9 nitrogen and oxygen atoms in total. The predicted octanol–water partition coefficient (Wildman–Crippen LogP) is 2.85. The van der Waals surface area contributed by atoms with E-state index in [1.807, 2.05) is 13.1 Å². The Morgan fingerprint density at radius 3 is 2.86 bits per heavy atom. The monoisotopic (exact) mass is 532 g/mol. The highest BCUT2D eigenvalue weighted by molar-refractivity contribution is 5.85. The Balaban J connectivity index is 0.00000320. The summed E-state index contributed by atoms with van der Waals surface area (Å²) in [6.07, 6.45) is 8.22. The molecule has 4 heterocycles. The molecule has 3 aromatic rings. The van der Waals surface area contributed by atoms with Crippen molar-refractivity contribution in [3.05, 3.63) is 65.1 Å². The summed E-state index contributed by atoms with van der Waals surface area (Å²) in [5, 5.41) is 16.5. The van der Waals surface area contributed by atoms with Gasteiger partial charge in [0.15, 0.2) is 5.82 Å². The van der Waals surface area contributed by atoms with Gasteiger partial charge in [-0.1, -0.05) is 6.08 Å². The summed E-state index contributed by atoms with van der Waals surface area (Å²) in [4.78, 5) is 12.8. The van der Waals surface area contributed by atoms with Crippen molar-refractivity contribution in [2.75, 3.05) is 48.7 Å². The molecule has 0 saturated carbocycles. The molecule has 37 heavy (non-hydrogen) atoms. The van der Waals surface area contributed by atoms with E-state index in [1.54, 1.807) is 10.7 Å². The highest BCUT2D eigenvalue weighted by Gasteiger charge is 2.32. The first-order valence-electron chi connectivity index (χ1n) is 12.1. The summed E-state index contributed by atoms with van der Waals surface area (Å²) >= 11 is 0. The van der Waals surface area contributed by atoms with Crippen LogP contribution in [-0.2, 0) is 12.8 Å². The molecule has 4 N–H and O–H groups in total. The van der Waals surface area contributed by atoms with Crippen molar-refractivity contribution in [1.29, 1.82) is 0 Å². The molecule has 2 aromatic heterocycles. The molecule has 2 aliphatic heterocycles. The van der Waals surface area contributed by atoms with E-state index >= 15 is 0 Å². The van der Waals surface area contributed by atoms with Crippen molar-refractivity contribution in [3.63, 3.8) is 0 Å². The molecule has 0 spiro atoms. The number of aromatic nitrogens is 4. The minimum Gasteiger partial charge on any atom is -0.395 e. The van der Waals surface area contributed by atoms with E-state index in [9.17, 15) is 8.78 Å². The number of aliphatic hydroxyl groups is 1. The molecule has 1 saturated heterocycles. The first kappa shape index (κ1) is 26.6. The third-order valence-electron chi connectivity index (χ3n) is 6.82. The fourth-order valence-electron chi connectivity index (χ4n) is 5.02. The Morgan fingerprint density at radius 2 is 2.05 bits per heavy atom. The molecule has 1 unspecified atom stereocenters. The smallest absolute Gasteiger partial charge is 0.224 e. The number of allylic oxidation sites excluding steroid dienone is 1. The number of aliphatic hydroxyl groups excluding tert-OH is 1. The Morgan fingerprint density at radius 1 is 1.22 bits per heavy atom. The lowest BCUT2D eigenvalue weighted by atomic mass is 9.93. The number of halogens is 3. The number of hydrogen-bond donors (Lipinski definition) is 3. The van der Waals surface area contributed by atoms with E-state index < -0.39 is 11.6 Å². The van der Waals surface area contributed by atoms with Crippen LogP contribution in [0.1, 0.15) is 23.2 Å². The SMILES string of the molecule is Cc1c(C/C=C/N2CCN3c4cc(F)cc(F)c4CCC3C2)cnn1-c1cc(NCCO)nc(N)n1.Cl. The number of hydrogen-bond acceptors (Lipinski definition) is 8. The van der Waals surface area contributed by atoms with Gasteiger partial charge in [0.1, 0.15) is 17.5 Å². The number of nitrogen functional groups attached to an aromatic ring is 1. The van der Waals surface area contributed by atoms with Gasteiger partial charge in [0, 0.05) is 61.3 Å². The average Bonchev–Trinajstić information content (AvgIpc) is 3.22. The van der Waals surface area contributed by atoms with Crippen molar-refractivity contribution < 1.29 is 13.9 Å². The summed E-state index contributed by atoms with van der Waals surface area (Å²) in [6.45, 7) is 4.65. The van der Waals surface area contributed by atoms with Gasteiger partial charge in [-0.15, -0.1) is 12.4 Å². The Labute approximate surface area is 220 Å². The third kappa shape index (κ3) is 5.62. The maximum absolute atomic E-state index is 14.2. The fraction of sp³-hybridized carbons (Fsp3) is 0.400. The largest absolute Gasteiger partial charge is 0.395 e. The average molecular weight is 533 g/mol. The summed E-state index contributed by atoms with van der Waals surface area (Å²) in [5.41, 5.74) is 9.19. The van der Waals surface area contributed by atoms with Crippen molar-refractivity contribution in [1.82, 2.24) is 24.6 Å². The Bertz CT molecular complexity index is 1280. The van der Waals surface area contributed by atoms with Crippen LogP contribution in [0.4, 0.5) is 26.2 Å². The van der Waals surface area contributed by atoms with E-state index in [0.29, 0.717) is 42.3 Å². The zero-order chi connectivity index (χ0) is 25.2. The van der Waals surface area contributed by atoms with Gasteiger partial charge in [0.2, 0.25) is 5.95 Å². The minimum atomic E-state index is -0.521. The molecule has 198 valence electrons. The number of piperazine rings is 1. The van der Waals surface area contributed by atoms with Crippen LogP contribution in [-0.4, -0.2) is 68.6 Å². The molecule has 0 aliphatic carbocycles. The zero-order valence-corrected chi connectivity index (χ0v) is 21.4. The molecule has 12 heteroatoms. The third-order valence-corrected chi connectivity index (χ3v) is 6.82. The van der Waals surface area contributed by atoms with Gasteiger partial charge >= 0.3 is 0 Å². The van der Waals surface area contributed by atoms with Gasteiger partial charge in [-0.25, -0.2) is 13.5 Å². The summed E-state index contributed by atoms with van der Waals surface area (Å²) in [5.74, 6) is 0.241. The van der Waals surface area contributed by atoms with Gasteiger partial charge in [-0.05, 0) is 44.0 Å². The molecule has 0 amide bonds. The van der Waals surface area contributed by atoms with Gasteiger partial charge in [0.05, 0.1) is 12.8 Å². The standard InChI is InChI=1S/C25H30F2N8O.ClH/c1-16-17(14-30-35(16)24-13-23(29-6-10-36)31-25(28)32-24)3-2-7-33-8-9-34-19(15-33)4-5-20-21(27)11-18(26)12-22(20)34;/h2,7,11-14,19,36H,3-6,8-10,15H2,1H3,(H3,28,29,31,32);1H/b7-2+;. The number of fused-ring (bicyclic) bond motifs is 3. The lowest BCUT2D eigenvalue weighted by molar-refractivity contribution is 0.281. The number of nitrogens with one attached hydrogen (secondary N) is 1. The topological polar surface area (TPSA) is 108 Å². The first-order chi connectivity index (χ1) is 17.4. The second-order valence-corrected chi connectivity index (χ2v) is 9.14. The molecule has 2 aliphatic rings. The second-order valence-electron chi connectivity index (χ2n) is 9.14. The first-order valence-corrected chi connectivity index (χ1v) is 12.1. The van der Waals surface area contributed by atoms with Crippen molar-refractivity contribution >= 4 is 29.9 Å². The molecular weight excluding hydrogens is 502 g/mol. The number of rotatable bonds is 7. The Kier molecular flexibility index (Phi) is 8.13. The summed E-state index contributed by atoms with van der Waals surface area (Å²) in [7, 11) is 0. The van der Waals surface area contributed by atoms with Gasteiger partial charge < -0.3 is 26.0 Å². The van der Waals surface area contributed by atoms with Crippen LogP contribution in [0.25, 0.3) is 5.82 Å². The molecule has 1 atom stereocenters. The number of nitrogens with zero attached hydrogens (tertiary/aromatic N) is 6. The van der Waals surface area contributed by atoms with E-state index in [0.717, 1.165) is 43.4 Å². The van der Waals surface area contributed by atoms with Crippen LogP contribution in [0.2, 0.25) is 0 Å². The van der Waals surface area contributed by atoms with Gasteiger partial charge in [-0.3, -0.25) is 0 Å². The number of benzene rings is 1. The molecule has 1 fully saturated rings. The van der Waals surface area contributed by atoms with Crippen LogP contribution in [0.15, 0.2) is 36.7 Å². The fourth-order valence-corrected chi connectivity index (χ4v) is 5.02. The molecular formula is C25H31ClF2N8O. The van der Waals surface area contributed by atoms with Crippen LogP contribution >= 0.6 is 12.4 Å². The van der Waals surface area contributed by atoms with Crippen LogP contribution in [0.3, 0.4) is 0 Å².